The van der Waals surface area contributed by atoms with Gasteiger partial charge in [-0.25, -0.2) is 18.1 Å². The molecule has 1 heterocycles. The van der Waals surface area contributed by atoms with Crippen molar-refractivity contribution in [1.29, 1.82) is 0 Å². The third kappa shape index (κ3) is 2.97. The zero-order valence-electron chi connectivity index (χ0n) is 11.3. The molecule has 20 heavy (non-hydrogen) atoms. The number of H-pyrrole nitrogens is 1. The molecule has 2 rings (SSSR count). The number of nitrogens with one attached hydrogen (secondary N) is 2. The fourth-order valence-electron chi connectivity index (χ4n) is 1.84. The number of aryl methyl sites for hydroxylation is 1. The van der Waals surface area contributed by atoms with E-state index in [2.05, 4.69) is 19.9 Å². The Kier molecular flexibility index (Phi) is 4.05. The SMILES string of the molecule is CCc1ccc(S(=O)(=O)NC(C)c2ncn[nH]2)cc1N. The number of hydrogen-bond donors (Lipinski definition) is 3. The van der Waals surface area contributed by atoms with E-state index in [0.29, 0.717) is 11.5 Å². The summed E-state index contributed by atoms with van der Waals surface area (Å²) in [6, 6.07) is 4.23. The fraction of sp³-hybridized carbons (Fsp3) is 0.333. The lowest BCUT2D eigenvalue weighted by molar-refractivity contribution is 0.560. The maximum Gasteiger partial charge on any atom is 0.241 e. The summed E-state index contributed by atoms with van der Waals surface area (Å²) >= 11 is 0. The second kappa shape index (κ2) is 5.59. The van der Waals surface area contributed by atoms with E-state index in [-0.39, 0.29) is 4.90 Å². The van der Waals surface area contributed by atoms with E-state index in [1.54, 1.807) is 19.1 Å². The average Bonchev–Trinajstić information content (AvgIpc) is 2.92. The van der Waals surface area contributed by atoms with Crippen LogP contribution in [0, 0.1) is 0 Å². The van der Waals surface area contributed by atoms with Crippen molar-refractivity contribution in [3.63, 3.8) is 0 Å². The van der Waals surface area contributed by atoms with Crippen LogP contribution < -0.4 is 10.5 Å². The number of anilines is 1. The normalized spacial score (nSPS) is 13.3. The van der Waals surface area contributed by atoms with Gasteiger partial charge in [-0.05, 0) is 31.0 Å². The second-order valence-corrected chi connectivity index (χ2v) is 6.14. The Bertz CT molecular complexity index is 682. The van der Waals surface area contributed by atoms with Crippen molar-refractivity contribution in [2.75, 3.05) is 5.73 Å². The number of aromatic amines is 1. The van der Waals surface area contributed by atoms with Gasteiger partial charge in [0, 0.05) is 5.69 Å². The van der Waals surface area contributed by atoms with Gasteiger partial charge in [-0.3, -0.25) is 5.10 Å². The third-order valence-corrected chi connectivity index (χ3v) is 4.52. The molecular formula is C12H17N5O2S. The minimum Gasteiger partial charge on any atom is -0.398 e. The molecule has 2 aromatic rings. The Morgan fingerprint density at radius 2 is 2.20 bits per heavy atom. The number of benzene rings is 1. The van der Waals surface area contributed by atoms with Crippen LogP contribution in [0.2, 0.25) is 0 Å². The summed E-state index contributed by atoms with van der Waals surface area (Å²) < 4.78 is 27.0. The number of aromatic nitrogens is 3. The number of nitrogen functional groups attached to an aromatic ring is 1. The van der Waals surface area contributed by atoms with Gasteiger partial charge in [0.1, 0.15) is 12.2 Å². The molecule has 108 valence electrons. The molecule has 0 aliphatic heterocycles. The van der Waals surface area contributed by atoms with Crippen LogP contribution in [0.3, 0.4) is 0 Å². The zero-order valence-corrected chi connectivity index (χ0v) is 12.1. The molecule has 7 nitrogen and oxygen atoms in total. The van der Waals surface area contributed by atoms with Gasteiger partial charge in [-0.2, -0.15) is 5.10 Å². The summed E-state index contributed by atoms with van der Waals surface area (Å²) in [5, 5.41) is 6.32. The van der Waals surface area contributed by atoms with Crippen LogP contribution in [0.25, 0.3) is 0 Å². The molecule has 0 saturated carbocycles. The van der Waals surface area contributed by atoms with Gasteiger partial charge in [-0.1, -0.05) is 13.0 Å². The lowest BCUT2D eigenvalue weighted by Crippen LogP contribution is -2.27. The molecule has 1 unspecified atom stereocenters. The van der Waals surface area contributed by atoms with E-state index in [1.165, 1.54) is 12.4 Å². The molecular weight excluding hydrogens is 278 g/mol. The molecule has 1 aromatic carbocycles. The van der Waals surface area contributed by atoms with Crippen LogP contribution in [0.5, 0.6) is 0 Å². The van der Waals surface area contributed by atoms with Crippen LogP contribution in [-0.4, -0.2) is 23.6 Å². The van der Waals surface area contributed by atoms with Gasteiger partial charge in [0.25, 0.3) is 0 Å². The summed E-state index contributed by atoms with van der Waals surface area (Å²) in [6.45, 7) is 3.64. The highest BCUT2D eigenvalue weighted by atomic mass is 32.2. The molecule has 0 bridgehead atoms. The minimum atomic E-state index is -3.65. The van der Waals surface area contributed by atoms with E-state index < -0.39 is 16.1 Å². The van der Waals surface area contributed by atoms with Crippen LogP contribution >= 0.6 is 0 Å². The molecule has 1 aromatic heterocycles. The van der Waals surface area contributed by atoms with Crippen LogP contribution in [-0.2, 0) is 16.4 Å². The van der Waals surface area contributed by atoms with Crippen LogP contribution in [0.1, 0.15) is 31.3 Å². The number of hydrogen-bond acceptors (Lipinski definition) is 5. The highest BCUT2D eigenvalue weighted by Gasteiger charge is 2.20. The maximum atomic E-state index is 12.3. The first kappa shape index (κ1) is 14.5. The number of rotatable bonds is 5. The monoisotopic (exact) mass is 295 g/mol. The van der Waals surface area contributed by atoms with Gasteiger partial charge in [0.15, 0.2) is 0 Å². The predicted octanol–water partition coefficient (Wildman–Crippen LogP) is 0.989. The zero-order chi connectivity index (χ0) is 14.8. The van der Waals surface area contributed by atoms with Crippen LogP contribution in [0.4, 0.5) is 5.69 Å². The van der Waals surface area contributed by atoms with E-state index in [9.17, 15) is 8.42 Å². The van der Waals surface area contributed by atoms with E-state index in [0.717, 1.165) is 12.0 Å². The molecule has 0 aliphatic carbocycles. The number of nitrogens with zero attached hydrogens (tertiary/aromatic N) is 2. The first-order valence-electron chi connectivity index (χ1n) is 6.20. The third-order valence-electron chi connectivity index (χ3n) is 2.98. The van der Waals surface area contributed by atoms with Crippen molar-refractivity contribution in [3.8, 4) is 0 Å². The quantitative estimate of drug-likeness (QED) is 0.712. The molecule has 0 radical (unpaired) electrons. The first-order valence-corrected chi connectivity index (χ1v) is 7.68. The molecule has 0 aliphatic rings. The first-order chi connectivity index (χ1) is 9.44. The van der Waals surface area contributed by atoms with Gasteiger partial charge in [0.2, 0.25) is 10.0 Å². The van der Waals surface area contributed by atoms with Crippen molar-refractivity contribution < 1.29 is 8.42 Å². The molecule has 8 heteroatoms. The standard InChI is InChI=1S/C12H17N5O2S/c1-3-9-4-5-10(6-11(9)13)20(18,19)17-8(2)12-14-7-15-16-12/h4-8,17H,3,13H2,1-2H3,(H,14,15,16). The Morgan fingerprint density at radius 3 is 2.75 bits per heavy atom. The summed E-state index contributed by atoms with van der Waals surface area (Å²) in [7, 11) is -3.65. The fourth-order valence-corrected chi connectivity index (χ4v) is 3.08. The lowest BCUT2D eigenvalue weighted by atomic mass is 10.1. The molecule has 0 fully saturated rings. The van der Waals surface area contributed by atoms with Crippen molar-refractivity contribution in [2.45, 2.75) is 31.2 Å². The smallest absolute Gasteiger partial charge is 0.241 e. The number of sulfonamides is 1. The summed E-state index contributed by atoms with van der Waals surface area (Å²) in [4.78, 5) is 4.06. The predicted molar refractivity (Wildman–Crippen MR) is 75.4 cm³/mol. The van der Waals surface area contributed by atoms with E-state index in [1.807, 2.05) is 6.92 Å². The highest BCUT2D eigenvalue weighted by Crippen LogP contribution is 2.20. The van der Waals surface area contributed by atoms with E-state index >= 15 is 0 Å². The summed E-state index contributed by atoms with van der Waals surface area (Å²) in [5.74, 6) is 0.451. The Balaban J connectivity index is 2.24. The molecule has 0 saturated heterocycles. The lowest BCUT2D eigenvalue weighted by Gasteiger charge is -2.13. The Labute approximate surface area is 117 Å². The second-order valence-electron chi connectivity index (χ2n) is 4.43. The molecule has 1 atom stereocenters. The van der Waals surface area contributed by atoms with Crippen molar-refractivity contribution in [3.05, 3.63) is 35.9 Å². The summed E-state index contributed by atoms with van der Waals surface area (Å²) in [5.41, 5.74) is 7.23. The average molecular weight is 295 g/mol. The molecule has 4 N–H and O–H groups in total. The van der Waals surface area contributed by atoms with Crippen molar-refractivity contribution >= 4 is 15.7 Å². The van der Waals surface area contributed by atoms with Crippen LogP contribution in [0.15, 0.2) is 29.4 Å². The minimum absolute atomic E-state index is 0.138. The maximum absolute atomic E-state index is 12.3. The van der Waals surface area contributed by atoms with Gasteiger partial charge in [0.05, 0.1) is 10.9 Å². The number of nitrogens with two attached hydrogens (primary N) is 1. The highest BCUT2D eigenvalue weighted by molar-refractivity contribution is 7.89. The largest absolute Gasteiger partial charge is 0.398 e. The van der Waals surface area contributed by atoms with Gasteiger partial charge in [-0.15, -0.1) is 0 Å². The van der Waals surface area contributed by atoms with Gasteiger partial charge >= 0.3 is 0 Å². The topological polar surface area (TPSA) is 114 Å². The van der Waals surface area contributed by atoms with Crippen molar-refractivity contribution in [1.82, 2.24) is 19.9 Å². The Hall–Kier alpha value is -1.93. The van der Waals surface area contributed by atoms with Crippen molar-refractivity contribution in [2.24, 2.45) is 0 Å². The Morgan fingerprint density at radius 1 is 1.45 bits per heavy atom. The van der Waals surface area contributed by atoms with E-state index in [4.69, 9.17) is 5.73 Å². The molecule has 0 amide bonds. The summed E-state index contributed by atoms with van der Waals surface area (Å²) in [6.07, 6.45) is 2.09. The molecule has 0 spiro atoms. The van der Waals surface area contributed by atoms with Gasteiger partial charge < -0.3 is 5.73 Å².